The molecule has 0 amide bonds. The molecule has 15 heavy (non-hydrogen) atoms. The van der Waals surface area contributed by atoms with Crippen LogP contribution in [0.15, 0.2) is 41.5 Å². The van der Waals surface area contributed by atoms with Crippen LogP contribution in [0.2, 0.25) is 0 Å². The molecule has 2 atom stereocenters. The Morgan fingerprint density at radius 2 is 2.20 bits per heavy atom. The van der Waals surface area contributed by atoms with Crippen molar-refractivity contribution in [2.45, 2.75) is 19.0 Å². The third-order valence-corrected chi connectivity index (χ3v) is 3.21. The van der Waals surface area contributed by atoms with E-state index in [1.807, 2.05) is 6.20 Å². The average molecular weight is 198 g/mol. The van der Waals surface area contributed by atoms with Crippen molar-refractivity contribution in [3.63, 3.8) is 0 Å². The smallest absolute Gasteiger partial charge is 0.0407 e. The Kier molecular flexibility index (Phi) is 2.14. The number of benzene rings is 1. The summed E-state index contributed by atoms with van der Waals surface area (Å²) in [7, 11) is 0. The summed E-state index contributed by atoms with van der Waals surface area (Å²) in [5.74, 6) is 0.513. The normalized spacial score (nSPS) is 28.0. The van der Waals surface area contributed by atoms with Gasteiger partial charge in [0, 0.05) is 30.9 Å². The molecule has 0 radical (unpaired) electrons. The van der Waals surface area contributed by atoms with E-state index in [1.54, 1.807) is 0 Å². The van der Waals surface area contributed by atoms with Crippen LogP contribution in [-0.4, -0.2) is 6.21 Å². The quantitative estimate of drug-likeness (QED) is 0.736. The molecular weight excluding hydrogens is 184 g/mol. The zero-order valence-corrected chi connectivity index (χ0v) is 8.56. The van der Waals surface area contributed by atoms with Gasteiger partial charge in [-0.25, -0.2) is 0 Å². The van der Waals surface area contributed by atoms with Gasteiger partial charge in [-0.3, -0.25) is 4.99 Å². The standard InChI is InChI=1S/C13H14N2/c1-2-6-12-10(4-1)9-15-13(12)11-5-3-7-14-8-11/h1-4,6-8,11,13,15H,5,9H2/t11?,13-/m0/s1. The monoisotopic (exact) mass is 198 g/mol. The van der Waals surface area contributed by atoms with Gasteiger partial charge in [0.25, 0.3) is 0 Å². The summed E-state index contributed by atoms with van der Waals surface area (Å²) in [5.41, 5.74) is 2.88. The van der Waals surface area contributed by atoms with E-state index in [-0.39, 0.29) is 0 Å². The van der Waals surface area contributed by atoms with Crippen molar-refractivity contribution in [1.29, 1.82) is 0 Å². The minimum absolute atomic E-state index is 0.454. The highest BCUT2D eigenvalue weighted by Crippen LogP contribution is 2.32. The lowest BCUT2D eigenvalue weighted by Gasteiger charge is -2.21. The molecule has 0 saturated carbocycles. The second-order valence-corrected chi connectivity index (χ2v) is 4.14. The van der Waals surface area contributed by atoms with E-state index in [1.165, 1.54) is 11.1 Å². The molecule has 0 aliphatic carbocycles. The molecule has 1 unspecified atom stereocenters. The van der Waals surface area contributed by atoms with Crippen molar-refractivity contribution >= 4 is 6.21 Å². The van der Waals surface area contributed by atoms with Gasteiger partial charge in [-0.2, -0.15) is 0 Å². The van der Waals surface area contributed by atoms with Crippen LogP contribution < -0.4 is 5.32 Å². The van der Waals surface area contributed by atoms with E-state index < -0.39 is 0 Å². The fraction of sp³-hybridized carbons (Fsp3) is 0.308. The number of hydrogen-bond acceptors (Lipinski definition) is 2. The summed E-state index contributed by atoms with van der Waals surface area (Å²) in [6.07, 6.45) is 7.19. The predicted octanol–water partition coefficient (Wildman–Crippen LogP) is 2.44. The van der Waals surface area contributed by atoms with Gasteiger partial charge in [0.15, 0.2) is 0 Å². The van der Waals surface area contributed by atoms with Gasteiger partial charge in [0.05, 0.1) is 0 Å². The van der Waals surface area contributed by atoms with Crippen molar-refractivity contribution < 1.29 is 0 Å². The summed E-state index contributed by atoms with van der Waals surface area (Å²) in [4.78, 5) is 4.23. The van der Waals surface area contributed by atoms with Crippen molar-refractivity contribution in [3.8, 4) is 0 Å². The number of rotatable bonds is 1. The molecule has 1 aromatic carbocycles. The van der Waals surface area contributed by atoms with Crippen molar-refractivity contribution in [3.05, 3.63) is 47.7 Å². The molecule has 0 saturated heterocycles. The second kappa shape index (κ2) is 3.63. The highest BCUT2D eigenvalue weighted by atomic mass is 15.0. The van der Waals surface area contributed by atoms with Gasteiger partial charge in [-0.1, -0.05) is 30.3 Å². The Morgan fingerprint density at radius 1 is 1.27 bits per heavy atom. The van der Waals surface area contributed by atoms with E-state index in [4.69, 9.17) is 0 Å². The molecular formula is C13H14N2. The summed E-state index contributed by atoms with van der Waals surface area (Å²) in [6, 6.07) is 9.12. The maximum atomic E-state index is 4.23. The fourth-order valence-electron chi connectivity index (χ4n) is 2.43. The first-order valence-electron chi connectivity index (χ1n) is 5.44. The molecule has 76 valence electrons. The summed E-state index contributed by atoms with van der Waals surface area (Å²) in [5, 5.41) is 3.57. The molecule has 2 aliphatic rings. The van der Waals surface area contributed by atoms with Crippen LogP contribution in [0.25, 0.3) is 0 Å². The molecule has 1 N–H and O–H groups in total. The Labute approximate surface area is 89.7 Å². The molecule has 0 spiro atoms. The van der Waals surface area contributed by atoms with Crippen molar-refractivity contribution in [1.82, 2.24) is 5.32 Å². The third kappa shape index (κ3) is 1.51. The molecule has 2 heteroatoms. The van der Waals surface area contributed by atoms with Crippen LogP contribution in [0, 0.1) is 5.92 Å². The minimum atomic E-state index is 0.454. The highest BCUT2D eigenvalue weighted by molar-refractivity contribution is 5.65. The van der Waals surface area contributed by atoms with E-state index >= 15 is 0 Å². The minimum Gasteiger partial charge on any atom is -0.305 e. The second-order valence-electron chi connectivity index (χ2n) is 4.14. The first kappa shape index (κ1) is 8.86. The summed E-state index contributed by atoms with van der Waals surface area (Å²) >= 11 is 0. The van der Waals surface area contributed by atoms with Crippen molar-refractivity contribution in [2.24, 2.45) is 10.9 Å². The van der Waals surface area contributed by atoms with E-state index in [2.05, 4.69) is 46.9 Å². The lowest BCUT2D eigenvalue weighted by atomic mass is 9.91. The lowest BCUT2D eigenvalue weighted by molar-refractivity contribution is 0.479. The highest BCUT2D eigenvalue weighted by Gasteiger charge is 2.27. The number of fused-ring (bicyclic) bond motifs is 1. The molecule has 1 aromatic rings. The van der Waals surface area contributed by atoms with Crippen LogP contribution in [0.5, 0.6) is 0 Å². The van der Waals surface area contributed by atoms with Gasteiger partial charge < -0.3 is 5.32 Å². The average Bonchev–Trinajstić information content (AvgIpc) is 2.74. The van der Waals surface area contributed by atoms with E-state index in [0.29, 0.717) is 12.0 Å². The Balaban J connectivity index is 1.90. The van der Waals surface area contributed by atoms with Gasteiger partial charge in [-0.15, -0.1) is 0 Å². The topological polar surface area (TPSA) is 24.4 Å². The molecule has 2 heterocycles. The lowest BCUT2D eigenvalue weighted by Crippen LogP contribution is -2.23. The van der Waals surface area contributed by atoms with Crippen LogP contribution in [0.4, 0.5) is 0 Å². The maximum absolute atomic E-state index is 4.23. The molecule has 0 bridgehead atoms. The van der Waals surface area contributed by atoms with Crippen molar-refractivity contribution in [2.75, 3.05) is 0 Å². The van der Waals surface area contributed by atoms with Gasteiger partial charge in [0.1, 0.15) is 0 Å². The van der Waals surface area contributed by atoms with Crippen LogP contribution >= 0.6 is 0 Å². The van der Waals surface area contributed by atoms with E-state index in [0.717, 1.165) is 13.0 Å². The summed E-state index contributed by atoms with van der Waals surface area (Å²) < 4.78 is 0. The Morgan fingerprint density at radius 3 is 3.07 bits per heavy atom. The number of nitrogens with zero attached hydrogens (tertiary/aromatic N) is 1. The number of hydrogen-bond donors (Lipinski definition) is 1. The van der Waals surface area contributed by atoms with Gasteiger partial charge in [0.2, 0.25) is 0 Å². The molecule has 0 fully saturated rings. The van der Waals surface area contributed by atoms with Gasteiger partial charge >= 0.3 is 0 Å². The van der Waals surface area contributed by atoms with E-state index in [9.17, 15) is 0 Å². The zero-order valence-electron chi connectivity index (χ0n) is 8.56. The van der Waals surface area contributed by atoms with Crippen LogP contribution in [0.1, 0.15) is 23.6 Å². The molecule has 2 aliphatic heterocycles. The first-order valence-corrected chi connectivity index (χ1v) is 5.44. The summed E-state index contributed by atoms with van der Waals surface area (Å²) in [6.45, 7) is 0.995. The number of aliphatic imine (C=N–C) groups is 1. The SMILES string of the molecule is C1=CN=CC([C@@H]2NCc3ccccc32)C1. The fourth-order valence-corrected chi connectivity index (χ4v) is 2.43. The molecule has 3 rings (SSSR count). The number of allylic oxidation sites excluding steroid dienone is 1. The predicted molar refractivity (Wildman–Crippen MR) is 61.8 cm³/mol. The van der Waals surface area contributed by atoms with Gasteiger partial charge in [-0.05, 0) is 17.5 Å². The third-order valence-electron chi connectivity index (χ3n) is 3.21. The van der Waals surface area contributed by atoms with Crippen LogP contribution in [0.3, 0.4) is 0 Å². The zero-order chi connectivity index (χ0) is 10.1. The Hall–Kier alpha value is -1.41. The molecule has 0 aromatic heterocycles. The van der Waals surface area contributed by atoms with Crippen LogP contribution in [-0.2, 0) is 6.54 Å². The Bertz CT molecular complexity index is 420. The molecule has 2 nitrogen and oxygen atoms in total. The maximum Gasteiger partial charge on any atom is 0.0407 e. The first-order chi connectivity index (χ1) is 7.45. The number of nitrogens with one attached hydrogen (secondary N) is 1. The largest absolute Gasteiger partial charge is 0.305 e.